The van der Waals surface area contributed by atoms with E-state index in [-0.39, 0.29) is 0 Å². The van der Waals surface area contributed by atoms with Gasteiger partial charge in [0.1, 0.15) is 5.60 Å². The van der Waals surface area contributed by atoms with E-state index < -0.39 is 17.7 Å². The van der Waals surface area contributed by atoms with Crippen LogP contribution in [0.2, 0.25) is 0 Å². The van der Waals surface area contributed by atoms with Crippen LogP contribution in [0.4, 0.5) is 0 Å². The molecule has 2 atom stereocenters. The van der Waals surface area contributed by atoms with Crippen LogP contribution >= 0.6 is 0 Å². The van der Waals surface area contributed by atoms with Crippen molar-refractivity contribution in [2.24, 2.45) is 0 Å². The van der Waals surface area contributed by atoms with Crippen molar-refractivity contribution in [2.45, 2.75) is 18.6 Å². The van der Waals surface area contributed by atoms with Crippen LogP contribution in [0.3, 0.4) is 0 Å². The number of benzene rings is 1. The molecule has 3 N–H and O–H groups in total. The summed E-state index contributed by atoms with van der Waals surface area (Å²) in [6, 6.07) is 8.20. The molecular weight excluding hydrogens is 184 g/mol. The Morgan fingerprint density at radius 1 is 1.36 bits per heavy atom. The van der Waals surface area contributed by atoms with Crippen molar-refractivity contribution in [1.82, 2.24) is 0 Å². The Balaban J connectivity index is 3.02. The molecular formula is C10H12O4. The quantitative estimate of drug-likeness (QED) is 0.651. The van der Waals surface area contributed by atoms with E-state index >= 15 is 0 Å². The molecule has 1 aromatic carbocycles. The number of hydrogen-bond acceptors (Lipinski definition) is 3. The van der Waals surface area contributed by atoms with Gasteiger partial charge in [0, 0.05) is 0 Å². The van der Waals surface area contributed by atoms with Gasteiger partial charge in [0.05, 0.1) is 0 Å². The Labute approximate surface area is 81.4 Å². The van der Waals surface area contributed by atoms with Gasteiger partial charge in [-0.25, -0.2) is 4.79 Å². The molecule has 0 amide bonds. The number of aliphatic hydroxyl groups is 2. The molecule has 1 aromatic rings. The Morgan fingerprint density at radius 3 is 2.29 bits per heavy atom. The van der Waals surface area contributed by atoms with Crippen LogP contribution in [0.1, 0.15) is 12.5 Å². The summed E-state index contributed by atoms with van der Waals surface area (Å²) in [6.07, 6.45) is -1.83. The SMILES string of the molecule is CC(O)(c1ccccc1)C(O)C(=O)O. The normalized spacial score (nSPS) is 17.1. The zero-order valence-corrected chi connectivity index (χ0v) is 7.71. The zero-order valence-electron chi connectivity index (χ0n) is 7.71. The summed E-state index contributed by atoms with van der Waals surface area (Å²) >= 11 is 0. The fourth-order valence-electron chi connectivity index (χ4n) is 1.17. The van der Waals surface area contributed by atoms with Gasteiger partial charge in [-0.3, -0.25) is 0 Å². The molecule has 76 valence electrons. The van der Waals surface area contributed by atoms with E-state index in [1.165, 1.54) is 6.92 Å². The predicted molar refractivity (Wildman–Crippen MR) is 49.7 cm³/mol. The molecule has 0 aliphatic heterocycles. The third-order valence-corrected chi connectivity index (χ3v) is 2.12. The summed E-state index contributed by atoms with van der Waals surface area (Å²) in [5, 5.41) is 27.6. The molecule has 4 nitrogen and oxygen atoms in total. The van der Waals surface area contributed by atoms with Crippen molar-refractivity contribution in [3.05, 3.63) is 35.9 Å². The van der Waals surface area contributed by atoms with E-state index in [1.807, 2.05) is 0 Å². The molecule has 0 bridgehead atoms. The number of rotatable bonds is 3. The molecule has 0 saturated carbocycles. The zero-order chi connectivity index (χ0) is 10.8. The number of carboxylic acid groups (broad SMARTS) is 1. The lowest BCUT2D eigenvalue weighted by Crippen LogP contribution is -2.42. The van der Waals surface area contributed by atoms with E-state index in [1.54, 1.807) is 30.3 Å². The van der Waals surface area contributed by atoms with Gasteiger partial charge >= 0.3 is 5.97 Å². The lowest BCUT2D eigenvalue weighted by Gasteiger charge is -2.26. The number of aliphatic carboxylic acids is 1. The van der Waals surface area contributed by atoms with Gasteiger partial charge < -0.3 is 15.3 Å². The van der Waals surface area contributed by atoms with Crippen molar-refractivity contribution in [3.63, 3.8) is 0 Å². The van der Waals surface area contributed by atoms with E-state index in [4.69, 9.17) is 5.11 Å². The van der Waals surface area contributed by atoms with Crippen LogP contribution in [0.15, 0.2) is 30.3 Å². The van der Waals surface area contributed by atoms with E-state index in [9.17, 15) is 15.0 Å². The third kappa shape index (κ3) is 1.92. The largest absolute Gasteiger partial charge is 0.479 e. The highest BCUT2D eigenvalue weighted by Crippen LogP contribution is 2.24. The van der Waals surface area contributed by atoms with Crippen molar-refractivity contribution in [2.75, 3.05) is 0 Å². The van der Waals surface area contributed by atoms with Gasteiger partial charge in [-0.2, -0.15) is 0 Å². The first-order chi connectivity index (χ1) is 6.46. The molecule has 14 heavy (non-hydrogen) atoms. The van der Waals surface area contributed by atoms with Crippen LogP contribution < -0.4 is 0 Å². The summed E-state index contributed by atoms with van der Waals surface area (Å²) < 4.78 is 0. The second-order valence-corrected chi connectivity index (χ2v) is 3.25. The summed E-state index contributed by atoms with van der Waals surface area (Å²) in [4.78, 5) is 10.5. The smallest absolute Gasteiger partial charge is 0.335 e. The average Bonchev–Trinajstić information content (AvgIpc) is 2.18. The lowest BCUT2D eigenvalue weighted by molar-refractivity contribution is -0.162. The molecule has 0 radical (unpaired) electrons. The van der Waals surface area contributed by atoms with Crippen LogP contribution in [0, 0.1) is 0 Å². The van der Waals surface area contributed by atoms with Crippen LogP contribution in [-0.2, 0) is 10.4 Å². The molecule has 4 heteroatoms. The first kappa shape index (κ1) is 10.7. The Kier molecular flexibility index (Phi) is 2.88. The standard InChI is InChI=1S/C10H12O4/c1-10(14,8(11)9(12)13)7-5-3-2-4-6-7/h2-6,8,11,14H,1H3,(H,12,13). The fraction of sp³-hybridized carbons (Fsp3) is 0.300. The van der Waals surface area contributed by atoms with Crippen molar-refractivity contribution in [1.29, 1.82) is 0 Å². The maximum absolute atomic E-state index is 10.5. The molecule has 0 fully saturated rings. The van der Waals surface area contributed by atoms with Gasteiger partial charge in [0.25, 0.3) is 0 Å². The minimum Gasteiger partial charge on any atom is -0.479 e. The number of hydrogen-bond donors (Lipinski definition) is 3. The first-order valence-electron chi connectivity index (χ1n) is 4.15. The van der Waals surface area contributed by atoms with Gasteiger partial charge in [-0.15, -0.1) is 0 Å². The second kappa shape index (κ2) is 3.77. The second-order valence-electron chi connectivity index (χ2n) is 3.25. The molecule has 0 heterocycles. The third-order valence-electron chi connectivity index (χ3n) is 2.12. The minimum absolute atomic E-state index is 0.370. The van der Waals surface area contributed by atoms with Crippen LogP contribution in [0.25, 0.3) is 0 Å². The molecule has 1 rings (SSSR count). The molecule has 2 unspecified atom stereocenters. The Bertz CT molecular complexity index is 318. The van der Waals surface area contributed by atoms with Gasteiger partial charge in [0.2, 0.25) is 0 Å². The number of carboxylic acids is 1. The monoisotopic (exact) mass is 196 g/mol. The highest BCUT2D eigenvalue weighted by atomic mass is 16.4. The maximum atomic E-state index is 10.5. The molecule has 0 spiro atoms. The van der Waals surface area contributed by atoms with E-state index in [0.717, 1.165) is 0 Å². The first-order valence-corrected chi connectivity index (χ1v) is 4.15. The molecule has 0 aliphatic rings. The topological polar surface area (TPSA) is 77.8 Å². The highest BCUT2D eigenvalue weighted by molar-refractivity contribution is 5.74. The summed E-state index contributed by atoms with van der Waals surface area (Å²) in [7, 11) is 0. The summed E-state index contributed by atoms with van der Waals surface area (Å²) in [6.45, 7) is 1.27. The van der Waals surface area contributed by atoms with Crippen LogP contribution in [0.5, 0.6) is 0 Å². The van der Waals surface area contributed by atoms with E-state index in [0.29, 0.717) is 5.56 Å². The van der Waals surface area contributed by atoms with Gasteiger partial charge in [-0.1, -0.05) is 30.3 Å². The van der Waals surface area contributed by atoms with Crippen molar-refractivity contribution in [3.8, 4) is 0 Å². The minimum atomic E-state index is -1.83. The Hall–Kier alpha value is -1.39. The Morgan fingerprint density at radius 2 is 1.86 bits per heavy atom. The lowest BCUT2D eigenvalue weighted by atomic mass is 9.90. The highest BCUT2D eigenvalue weighted by Gasteiger charge is 2.37. The van der Waals surface area contributed by atoms with Crippen molar-refractivity contribution >= 4 is 5.97 Å². The number of aliphatic hydroxyl groups excluding tert-OH is 1. The van der Waals surface area contributed by atoms with Crippen LogP contribution in [-0.4, -0.2) is 27.4 Å². The molecule has 0 aromatic heterocycles. The van der Waals surface area contributed by atoms with Gasteiger partial charge in [-0.05, 0) is 12.5 Å². The summed E-state index contributed by atoms with van der Waals surface area (Å²) in [5.74, 6) is -1.45. The molecule has 0 aliphatic carbocycles. The summed E-state index contributed by atoms with van der Waals surface area (Å²) in [5.41, 5.74) is -1.40. The molecule has 0 saturated heterocycles. The van der Waals surface area contributed by atoms with Crippen molar-refractivity contribution < 1.29 is 20.1 Å². The maximum Gasteiger partial charge on any atom is 0.335 e. The van der Waals surface area contributed by atoms with E-state index in [2.05, 4.69) is 0 Å². The average molecular weight is 196 g/mol. The fourth-order valence-corrected chi connectivity index (χ4v) is 1.17. The number of carbonyl (C=O) groups is 1. The van der Waals surface area contributed by atoms with Gasteiger partial charge in [0.15, 0.2) is 6.10 Å². The predicted octanol–water partition coefficient (Wildman–Crippen LogP) is 0.340.